The van der Waals surface area contributed by atoms with Gasteiger partial charge in [-0.15, -0.1) is 0 Å². The molecule has 0 bridgehead atoms. The third-order valence-corrected chi connectivity index (χ3v) is 4.43. The second-order valence-corrected chi connectivity index (χ2v) is 6.51. The molecule has 0 saturated heterocycles. The number of carbonyl (C=O) groups is 1. The maximum atomic E-state index is 13.2. The Balaban J connectivity index is 1.51. The van der Waals surface area contributed by atoms with Crippen molar-refractivity contribution >= 4 is 11.9 Å². The smallest absolute Gasteiger partial charge is 0.185 e. The molecule has 0 N–H and O–H groups in total. The standard InChI is InChI=1S/C24H21F2NO2/c1-2-17-3-8-20(27-16-17)13-14-29-21-9-4-18(5-10-21)6-12-24(28)19-7-11-22(25)23(26)15-19/h3-12,15-16H,2,13-14H2,1H3/b12-6+. The number of halogens is 2. The number of aryl methyl sites for hydroxylation is 1. The zero-order valence-corrected chi connectivity index (χ0v) is 16.1. The molecule has 0 aliphatic rings. The van der Waals surface area contributed by atoms with E-state index in [-0.39, 0.29) is 5.56 Å². The topological polar surface area (TPSA) is 39.2 Å². The molecule has 3 rings (SSSR count). The molecule has 1 aromatic heterocycles. The molecule has 0 fully saturated rings. The summed E-state index contributed by atoms with van der Waals surface area (Å²) >= 11 is 0. The van der Waals surface area contributed by atoms with Crippen molar-refractivity contribution in [2.45, 2.75) is 19.8 Å². The van der Waals surface area contributed by atoms with E-state index >= 15 is 0 Å². The van der Waals surface area contributed by atoms with E-state index in [0.29, 0.717) is 13.0 Å². The Kier molecular flexibility index (Phi) is 6.85. The van der Waals surface area contributed by atoms with Crippen LogP contribution in [-0.4, -0.2) is 17.4 Å². The summed E-state index contributed by atoms with van der Waals surface area (Å²) in [5.74, 6) is -1.69. The van der Waals surface area contributed by atoms with Gasteiger partial charge < -0.3 is 4.74 Å². The van der Waals surface area contributed by atoms with Gasteiger partial charge in [-0.25, -0.2) is 8.78 Å². The van der Waals surface area contributed by atoms with E-state index in [1.807, 2.05) is 36.5 Å². The van der Waals surface area contributed by atoms with E-state index in [9.17, 15) is 13.6 Å². The minimum Gasteiger partial charge on any atom is -0.493 e. The van der Waals surface area contributed by atoms with Crippen LogP contribution < -0.4 is 4.74 Å². The second kappa shape index (κ2) is 9.73. The van der Waals surface area contributed by atoms with Gasteiger partial charge in [-0.3, -0.25) is 9.78 Å². The number of nitrogens with zero attached hydrogens (tertiary/aromatic N) is 1. The summed E-state index contributed by atoms with van der Waals surface area (Å²) in [5.41, 5.74) is 3.09. The van der Waals surface area contributed by atoms with Crippen LogP contribution in [0.3, 0.4) is 0 Å². The number of pyridine rings is 1. The Morgan fingerprint density at radius 3 is 2.48 bits per heavy atom. The average molecular weight is 393 g/mol. The predicted octanol–water partition coefficient (Wildman–Crippen LogP) is 5.44. The van der Waals surface area contributed by atoms with Gasteiger partial charge in [0.25, 0.3) is 0 Å². The number of allylic oxidation sites excluding steroid dienone is 1. The Bertz CT molecular complexity index is 996. The summed E-state index contributed by atoms with van der Waals surface area (Å²) in [7, 11) is 0. The lowest BCUT2D eigenvalue weighted by atomic mass is 10.1. The number of aromatic nitrogens is 1. The molecule has 29 heavy (non-hydrogen) atoms. The van der Waals surface area contributed by atoms with Crippen LogP contribution in [0.4, 0.5) is 8.78 Å². The summed E-state index contributed by atoms with van der Waals surface area (Å²) in [4.78, 5) is 16.5. The lowest BCUT2D eigenvalue weighted by Gasteiger charge is -2.06. The van der Waals surface area contributed by atoms with E-state index in [1.54, 1.807) is 6.08 Å². The van der Waals surface area contributed by atoms with Crippen LogP contribution >= 0.6 is 0 Å². The minimum absolute atomic E-state index is 0.0979. The molecule has 0 radical (unpaired) electrons. The lowest BCUT2D eigenvalue weighted by Crippen LogP contribution is -2.03. The largest absolute Gasteiger partial charge is 0.493 e. The van der Waals surface area contributed by atoms with Gasteiger partial charge in [0.15, 0.2) is 17.4 Å². The fourth-order valence-electron chi connectivity index (χ4n) is 2.68. The van der Waals surface area contributed by atoms with Gasteiger partial charge in [-0.2, -0.15) is 0 Å². The molecule has 0 amide bonds. The summed E-state index contributed by atoms with van der Waals surface area (Å²) in [6, 6.07) is 14.4. The Morgan fingerprint density at radius 1 is 1.03 bits per heavy atom. The molecule has 0 aliphatic heterocycles. The van der Waals surface area contributed by atoms with Crippen LogP contribution in [0.25, 0.3) is 6.08 Å². The molecular weight excluding hydrogens is 372 g/mol. The molecular formula is C24H21F2NO2. The number of hydrogen-bond donors (Lipinski definition) is 0. The van der Waals surface area contributed by atoms with Gasteiger partial charge in [0, 0.05) is 23.9 Å². The van der Waals surface area contributed by atoms with Crippen LogP contribution in [0, 0.1) is 11.6 Å². The van der Waals surface area contributed by atoms with Gasteiger partial charge >= 0.3 is 0 Å². The van der Waals surface area contributed by atoms with E-state index in [2.05, 4.69) is 18.0 Å². The number of rotatable bonds is 8. The van der Waals surface area contributed by atoms with Crippen molar-refractivity contribution in [3.63, 3.8) is 0 Å². The number of ketones is 1. The molecule has 148 valence electrons. The van der Waals surface area contributed by atoms with Crippen LogP contribution in [0.1, 0.15) is 34.1 Å². The van der Waals surface area contributed by atoms with Crippen molar-refractivity contribution in [2.24, 2.45) is 0 Å². The van der Waals surface area contributed by atoms with Crippen molar-refractivity contribution in [1.82, 2.24) is 4.98 Å². The fraction of sp³-hybridized carbons (Fsp3) is 0.167. The minimum atomic E-state index is -1.04. The van der Waals surface area contributed by atoms with Gasteiger partial charge in [0.1, 0.15) is 5.75 Å². The van der Waals surface area contributed by atoms with Crippen LogP contribution in [0.5, 0.6) is 5.75 Å². The Hall–Kier alpha value is -3.34. The molecule has 0 atom stereocenters. The summed E-state index contributed by atoms with van der Waals surface area (Å²) in [6.45, 7) is 2.61. The number of ether oxygens (including phenoxy) is 1. The van der Waals surface area contributed by atoms with E-state index in [4.69, 9.17) is 4.74 Å². The third-order valence-electron chi connectivity index (χ3n) is 4.43. The number of benzene rings is 2. The molecule has 2 aromatic carbocycles. The highest BCUT2D eigenvalue weighted by atomic mass is 19.2. The van der Waals surface area contributed by atoms with Crippen LogP contribution in [-0.2, 0) is 12.8 Å². The highest BCUT2D eigenvalue weighted by Gasteiger charge is 2.07. The first kappa shape index (κ1) is 20.4. The Labute approximate surface area is 168 Å². The number of hydrogen-bond acceptors (Lipinski definition) is 3. The second-order valence-electron chi connectivity index (χ2n) is 6.51. The monoisotopic (exact) mass is 393 g/mol. The SMILES string of the molecule is CCc1ccc(CCOc2ccc(/C=C/C(=O)c3ccc(F)c(F)c3)cc2)nc1. The van der Waals surface area contributed by atoms with Gasteiger partial charge in [0.05, 0.1) is 6.61 Å². The molecule has 3 aromatic rings. The normalized spacial score (nSPS) is 11.0. The van der Waals surface area contributed by atoms with Gasteiger partial charge in [-0.05, 0) is 60.0 Å². The number of carbonyl (C=O) groups excluding carboxylic acids is 1. The predicted molar refractivity (Wildman–Crippen MR) is 109 cm³/mol. The summed E-state index contributed by atoms with van der Waals surface area (Å²) < 4.78 is 31.9. The van der Waals surface area contributed by atoms with Gasteiger partial charge in [-0.1, -0.05) is 31.2 Å². The molecule has 1 heterocycles. The van der Waals surface area contributed by atoms with Crippen molar-refractivity contribution < 1.29 is 18.3 Å². The average Bonchev–Trinajstić information content (AvgIpc) is 2.75. The third kappa shape index (κ3) is 5.82. The molecule has 0 aliphatic carbocycles. The van der Waals surface area contributed by atoms with Crippen molar-refractivity contribution in [2.75, 3.05) is 6.61 Å². The van der Waals surface area contributed by atoms with E-state index in [1.165, 1.54) is 17.7 Å². The van der Waals surface area contributed by atoms with Gasteiger partial charge in [0.2, 0.25) is 0 Å². The Morgan fingerprint density at radius 2 is 1.83 bits per heavy atom. The summed E-state index contributed by atoms with van der Waals surface area (Å²) in [5, 5.41) is 0. The first-order valence-electron chi connectivity index (χ1n) is 9.39. The molecule has 0 spiro atoms. The van der Waals surface area contributed by atoms with Crippen molar-refractivity contribution in [3.8, 4) is 5.75 Å². The first-order valence-corrected chi connectivity index (χ1v) is 9.39. The van der Waals surface area contributed by atoms with Crippen molar-refractivity contribution in [1.29, 1.82) is 0 Å². The fourth-order valence-corrected chi connectivity index (χ4v) is 2.68. The zero-order valence-electron chi connectivity index (χ0n) is 16.1. The maximum Gasteiger partial charge on any atom is 0.185 e. The molecule has 0 unspecified atom stereocenters. The molecule has 5 heteroatoms. The highest BCUT2D eigenvalue weighted by Crippen LogP contribution is 2.15. The zero-order chi connectivity index (χ0) is 20.6. The van der Waals surface area contributed by atoms with E-state index < -0.39 is 17.4 Å². The van der Waals surface area contributed by atoms with Crippen LogP contribution in [0.15, 0.2) is 66.9 Å². The molecule has 3 nitrogen and oxygen atoms in total. The quantitative estimate of drug-likeness (QED) is 0.378. The molecule has 0 saturated carbocycles. The summed E-state index contributed by atoms with van der Waals surface area (Å²) in [6.07, 6.45) is 6.52. The van der Waals surface area contributed by atoms with Crippen LogP contribution in [0.2, 0.25) is 0 Å². The lowest BCUT2D eigenvalue weighted by molar-refractivity contribution is 0.104. The first-order chi connectivity index (χ1) is 14.0. The van der Waals surface area contributed by atoms with Crippen molar-refractivity contribution in [3.05, 3.63) is 101 Å². The maximum absolute atomic E-state index is 13.2. The highest BCUT2D eigenvalue weighted by molar-refractivity contribution is 6.06. The van der Waals surface area contributed by atoms with E-state index in [0.717, 1.165) is 35.6 Å².